The first kappa shape index (κ1) is 53.5. The average Bonchev–Trinajstić information content (AvgIpc) is 3.67. The number of nitrogens with one attached hydrogen (secondary N) is 1. The molecule has 0 saturated carbocycles. The molecule has 1 aromatic heterocycles. The Balaban J connectivity index is 1.66. The number of carbonyl (C=O) groups excluding carboxylic acids is 2. The van der Waals surface area contributed by atoms with Crippen molar-refractivity contribution in [2.45, 2.75) is 245 Å². The molecule has 0 aliphatic carbocycles. The smallest absolute Gasteiger partial charge is 0.306 e. The predicted octanol–water partition coefficient (Wildman–Crippen LogP) is 13.3. The Morgan fingerprint density at radius 3 is 1.65 bits per heavy atom. The number of esters is 2. The summed E-state index contributed by atoms with van der Waals surface area (Å²) in [7, 11) is 0. The maximum atomic E-state index is 12.9. The standard InChI is InChI=1S/C50H94N6O4/c1-4-7-10-13-16-25-32-42-59-46(57)36-28-21-17-23-30-38-55(40-33-41-56-44-54-48-49(51)52-43-53-50(48)56)39-31-24-18-22-29-37-47(58)60-45(34-26-19-14-11-8-5-2)35-27-20-15-12-9-6-3/h43,45,54H,4-42,44H2,1-3H3,(H2,51,52,53). The van der Waals surface area contributed by atoms with Crippen molar-refractivity contribution in [3.05, 3.63) is 6.33 Å². The van der Waals surface area contributed by atoms with Gasteiger partial charge < -0.3 is 30.3 Å². The minimum Gasteiger partial charge on any atom is -0.466 e. The van der Waals surface area contributed by atoms with Crippen molar-refractivity contribution in [2.75, 3.05) is 55.4 Å². The summed E-state index contributed by atoms with van der Waals surface area (Å²) < 4.78 is 11.6. The third-order valence-corrected chi connectivity index (χ3v) is 12.3. The van der Waals surface area contributed by atoms with E-state index in [9.17, 15) is 9.59 Å². The second kappa shape index (κ2) is 38.1. The number of nitrogen functional groups attached to an aromatic ring is 1. The lowest BCUT2D eigenvalue weighted by molar-refractivity contribution is -0.150. The molecule has 10 nitrogen and oxygen atoms in total. The predicted molar refractivity (Wildman–Crippen MR) is 254 cm³/mol. The van der Waals surface area contributed by atoms with Gasteiger partial charge in [0.2, 0.25) is 0 Å². The maximum Gasteiger partial charge on any atom is 0.306 e. The number of aromatic nitrogens is 2. The van der Waals surface area contributed by atoms with Gasteiger partial charge in [0.25, 0.3) is 0 Å². The summed E-state index contributed by atoms with van der Waals surface area (Å²) in [5, 5.41) is 3.35. The molecule has 0 aromatic carbocycles. The van der Waals surface area contributed by atoms with Crippen LogP contribution in [-0.2, 0) is 19.1 Å². The molecule has 0 spiro atoms. The van der Waals surface area contributed by atoms with E-state index in [1.165, 1.54) is 148 Å². The topological polar surface area (TPSA) is 123 Å². The number of carbonyl (C=O) groups is 2. The van der Waals surface area contributed by atoms with E-state index in [2.05, 4.69) is 45.9 Å². The minimum absolute atomic E-state index is 0.0202. The Kier molecular flexibility index (Phi) is 34.0. The highest BCUT2D eigenvalue weighted by molar-refractivity contribution is 5.79. The van der Waals surface area contributed by atoms with Crippen LogP contribution in [0.4, 0.5) is 17.3 Å². The Bertz CT molecular complexity index is 1160. The first-order valence-corrected chi connectivity index (χ1v) is 25.6. The van der Waals surface area contributed by atoms with E-state index < -0.39 is 0 Å². The highest BCUT2D eigenvalue weighted by Crippen LogP contribution is 2.32. The summed E-state index contributed by atoms with van der Waals surface area (Å²) >= 11 is 0. The molecule has 1 aromatic rings. The van der Waals surface area contributed by atoms with Gasteiger partial charge in [-0.3, -0.25) is 9.59 Å². The average molecular weight is 843 g/mol. The van der Waals surface area contributed by atoms with Crippen LogP contribution in [0.25, 0.3) is 0 Å². The van der Waals surface area contributed by atoms with Crippen LogP contribution in [0.5, 0.6) is 0 Å². The zero-order valence-corrected chi connectivity index (χ0v) is 39.4. The van der Waals surface area contributed by atoms with Gasteiger partial charge in [-0.15, -0.1) is 0 Å². The molecular formula is C50H94N6O4. The number of hydrogen-bond acceptors (Lipinski definition) is 10. The molecule has 0 unspecified atom stereocenters. The Hall–Kier alpha value is -2.62. The summed E-state index contributed by atoms with van der Waals surface area (Å²) in [6, 6.07) is 0. The number of unbranched alkanes of at least 4 members (excludes halogenated alkanes) is 24. The lowest BCUT2D eigenvalue weighted by Gasteiger charge is -2.24. The van der Waals surface area contributed by atoms with Crippen molar-refractivity contribution < 1.29 is 19.1 Å². The number of rotatable bonds is 43. The van der Waals surface area contributed by atoms with E-state index >= 15 is 0 Å². The van der Waals surface area contributed by atoms with Crippen molar-refractivity contribution in [3.63, 3.8) is 0 Å². The van der Waals surface area contributed by atoms with E-state index in [0.717, 1.165) is 102 Å². The van der Waals surface area contributed by atoms with Gasteiger partial charge >= 0.3 is 11.9 Å². The molecule has 2 heterocycles. The van der Waals surface area contributed by atoms with Crippen molar-refractivity contribution in [2.24, 2.45) is 0 Å². The molecule has 1 aliphatic heterocycles. The van der Waals surface area contributed by atoms with Crippen LogP contribution in [0.3, 0.4) is 0 Å². The molecule has 0 bridgehead atoms. The number of anilines is 3. The van der Waals surface area contributed by atoms with Crippen molar-refractivity contribution in [1.29, 1.82) is 0 Å². The first-order chi connectivity index (χ1) is 29.5. The maximum absolute atomic E-state index is 12.9. The SMILES string of the molecule is CCCCCCCCCOC(=O)CCCCCCCN(CCCCCCCC(=O)OC(CCCCCCCC)CCCCCCCC)CCCN1CNc2c(N)ncnc21. The molecule has 60 heavy (non-hydrogen) atoms. The van der Waals surface area contributed by atoms with Crippen LogP contribution in [0, 0.1) is 0 Å². The van der Waals surface area contributed by atoms with E-state index in [4.69, 9.17) is 15.2 Å². The number of ether oxygens (including phenoxy) is 2. The molecule has 10 heteroatoms. The molecule has 0 radical (unpaired) electrons. The van der Waals surface area contributed by atoms with Gasteiger partial charge in [0.05, 0.1) is 13.3 Å². The molecule has 0 fully saturated rings. The first-order valence-electron chi connectivity index (χ1n) is 25.6. The zero-order chi connectivity index (χ0) is 43.1. The Morgan fingerprint density at radius 1 is 0.617 bits per heavy atom. The minimum atomic E-state index is -0.0247. The van der Waals surface area contributed by atoms with Crippen molar-refractivity contribution >= 4 is 29.3 Å². The van der Waals surface area contributed by atoms with Crippen LogP contribution in [-0.4, -0.2) is 72.4 Å². The summed E-state index contributed by atoms with van der Waals surface area (Å²) in [5.74, 6) is 1.42. The Labute approximate surface area is 369 Å². The van der Waals surface area contributed by atoms with Crippen LogP contribution in [0.2, 0.25) is 0 Å². The fraction of sp³-hybridized carbons (Fsp3) is 0.880. The molecule has 0 amide bonds. The van der Waals surface area contributed by atoms with Crippen LogP contribution >= 0.6 is 0 Å². The van der Waals surface area contributed by atoms with Crippen molar-refractivity contribution in [1.82, 2.24) is 14.9 Å². The molecule has 1 aliphatic rings. The summed E-state index contributed by atoms with van der Waals surface area (Å²) in [4.78, 5) is 38.6. The number of fused-ring (bicyclic) bond motifs is 1. The normalized spacial score (nSPS) is 12.4. The monoisotopic (exact) mass is 843 g/mol. The summed E-state index contributed by atoms with van der Waals surface area (Å²) in [6.07, 6.45) is 41.0. The van der Waals surface area contributed by atoms with Crippen LogP contribution in [0.1, 0.15) is 239 Å². The molecule has 348 valence electrons. The van der Waals surface area contributed by atoms with Gasteiger partial charge in [-0.05, 0) is 83.8 Å². The van der Waals surface area contributed by atoms with E-state index in [1.807, 2.05) is 0 Å². The zero-order valence-electron chi connectivity index (χ0n) is 39.4. The van der Waals surface area contributed by atoms with Crippen LogP contribution < -0.4 is 16.0 Å². The third-order valence-electron chi connectivity index (χ3n) is 12.3. The third kappa shape index (κ3) is 28.1. The summed E-state index contributed by atoms with van der Waals surface area (Å²) in [6.45, 7) is 12.3. The number of nitrogens with two attached hydrogens (primary N) is 1. The number of hydrogen-bond donors (Lipinski definition) is 2. The number of nitrogens with zero attached hydrogens (tertiary/aromatic N) is 4. The molecule has 2 rings (SSSR count). The quantitative estimate of drug-likeness (QED) is 0.0485. The molecular weight excluding hydrogens is 749 g/mol. The second-order valence-electron chi connectivity index (χ2n) is 17.9. The van der Waals surface area contributed by atoms with E-state index in [0.29, 0.717) is 25.3 Å². The summed E-state index contributed by atoms with van der Waals surface area (Å²) in [5.41, 5.74) is 6.92. The van der Waals surface area contributed by atoms with Gasteiger partial charge in [-0.1, -0.05) is 162 Å². The second-order valence-corrected chi connectivity index (χ2v) is 17.9. The van der Waals surface area contributed by atoms with Crippen molar-refractivity contribution in [3.8, 4) is 0 Å². The lowest BCUT2D eigenvalue weighted by Crippen LogP contribution is -2.31. The molecule has 0 atom stereocenters. The largest absolute Gasteiger partial charge is 0.466 e. The van der Waals surface area contributed by atoms with Gasteiger partial charge in [0, 0.05) is 19.4 Å². The van der Waals surface area contributed by atoms with Gasteiger partial charge in [-0.25, -0.2) is 9.97 Å². The molecule has 0 saturated heterocycles. The lowest BCUT2D eigenvalue weighted by atomic mass is 10.0. The Morgan fingerprint density at radius 2 is 1.08 bits per heavy atom. The van der Waals surface area contributed by atoms with E-state index in [-0.39, 0.29) is 18.0 Å². The van der Waals surface area contributed by atoms with E-state index in [1.54, 1.807) is 6.33 Å². The fourth-order valence-electron chi connectivity index (χ4n) is 8.45. The van der Waals surface area contributed by atoms with Gasteiger partial charge in [0.1, 0.15) is 18.1 Å². The van der Waals surface area contributed by atoms with Crippen LogP contribution in [0.15, 0.2) is 6.33 Å². The molecule has 3 N–H and O–H groups in total. The highest BCUT2D eigenvalue weighted by atomic mass is 16.5. The highest BCUT2D eigenvalue weighted by Gasteiger charge is 2.22. The van der Waals surface area contributed by atoms with Gasteiger partial charge in [-0.2, -0.15) is 0 Å². The van der Waals surface area contributed by atoms with Gasteiger partial charge in [0.15, 0.2) is 11.6 Å². The fourth-order valence-corrected chi connectivity index (χ4v) is 8.45.